The van der Waals surface area contributed by atoms with Gasteiger partial charge in [0.05, 0.1) is 12.5 Å². The number of hydrogen-bond acceptors (Lipinski definition) is 5. The molecule has 0 bridgehead atoms. The lowest BCUT2D eigenvalue weighted by Crippen LogP contribution is -2.33. The zero-order valence-electron chi connectivity index (χ0n) is 12.6. The van der Waals surface area contributed by atoms with Crippen molar-refractivity contribution in [1.29, 1.82) is 0 Å². The van der Waals surface area contributed by atoms with E-state index in [-0.39, 0.29) is 30.7 Å². The van der Waals surface area contributed by atoms with E-state index in [4.69, 9.17) is 4.42 Å². The van der Waals surface area contributed by atoms with Crippen LogP contribution in [-0.4, -0.2) is 30.5 Å². The summed E-state index contributed by atoms with van der Waals surface area (Å²) in [5, 5.41) is 7.11. The first kappa shape index (κ1) is 20.0. The van der Waals surface area contributed by atoms with Gasteiger partial charge in [-0.1, -0.05) is 0 Å². The Kier molecular flexibility index (Phi) is 8.62. The summed E-state index contributed by atoms with van der Waals surface area (Å²) in [7, 11) is 0. The molecular weight excluding hydrogens is 357 g/mol. The maximum atomic E-state index is 12.1. The van der Waals surface area contributed by atoms with Crippen LogP contribution in [0.3, 0.4) is 0 Å². The molecule has 0 saturated carbocycles. The van der Waals surface area contributed by atoms with Crippen molar-refractivity contribution < 1.29 is 9.21 Å². The van der Waals surface area contributed by atoms with Crippen molar-refractivity contribution in [3.05, 3.63) is 29.5 Å². The number of rotatable bonds is 5. The number of furan rings is 1. The number of hydrogen-bond donors (Lipinski definition) is 2. The summed E-state index contributed by atoms with van der Waals surface area (Å²) in [6, 6.07) is 3.66. The quantitative estimate of drug-likeness (QED) is 0.837. The minimum Gasteiger partial charge on any atom is -0.462 e. The van der Waals surface area contributed by atoms with Gasteiger partial charge in [-0.3, -0.25) is 4.79 Å². The SMILES string of the molecule is Cl.Cl.O=C(NCCC1CCCNC1)c1cnc(-c2ccco2)s1. The van der Waals surface area contributed by atoms with E-state index in [2.05, 4.69) is 15.6 Å². The molecule has 2 N–H and O–H groups in total. The van der Waals surface area contributed by atoms with Crippen LogP contribution in [0.15, 0.2) is 29.0 Å². The first-order valence-corrected chi connectivity index (χ1v) is 8.13. The fourth-order valence-electron chi connectivity index (χ4n) is 2.54. The second kappa shape index (κ2) is 9.93. The number of nitrogens with one attached hydrogen (secondary N) is 2. The Labute approximate surface area is 152 Å². The molecule has 1 aliphatic rings. The Morgan fingerprint density at radius 2 is 2.35 bits per heavy atom. The minimum absolute atomic E-state index is 0. The summed E-state index contributed by atoms with van der Waals surface area (Å²) in [5.41, 5.74) is 0. The third-order valence-electron chi connectivity index (χ3n) is 3.70. The molecule has 0 radical (unpaired) electrons. The van der Waals surface area contributed by atoms with Gasteiger partial charge in [-0.25, -0.2) is 4.98 Å². The third-order valence-corrected chi connectivity index (χ3v) is 4.71. The molecule has 3 heterocycles. The zero-order valence-corrected chi connectivity index (χ0v) is 15.1. The molecular formula is C15H21Cl2N3O2S. The number of carbonyl (C=O) groups is 1. The van der Waals surface area contributed by atoms with Crippen LogP contribution < -0.4 is 10.6 Å². The van der Waals surface area contributed by atoms with Gasteiger partial charge in [-0.15, -0.1) is 36.2 Å². The largest absolute Gasteiger partial charge is 0.462 e. The maximum Gasteiger partial charge on any atom is 0.263 e. The number of aromatic nitrogens is 1. The molecule has 23 heavy (non-hydrogen) atoms. The first-order chi connectivity index (χ1) is 10.3. The lowest BCUT2D eigenvalue weighted by molar-refractivity contribution is 0.0954. The highest BCUT2D eigenvalue weighted by atomic mass is 35.5. The molecule has 8 heteroatoms. The van der Waals surface area contributed by atoms with Crippen LogP contribution in [0.4, 0.5) is 0 Å². The molecule has 1 amide bonds. The average Bonchev–Trinajstić information content (AvgIpc) is 3.19. The number of amides is 1. The number of carbonyl (C=O) groups excluding carboxylic acids is 1. The molecule has 128 valence electrons. The summed E-state index contributed by atoms with van der Waals surface area (Å²) in [5.74, 6) is 1.33. The molecule has 3 rings (SSSR count). The molecule has 5 nitrogen and oxygen atoms in total. The number of thiazole rings is 1. The van der Waals surface area contributed by atoms with Crippen LogP contribution in [0.2, 0.25) is 0 Å². The molecule has 1 aliphatic heterocycles. The number of piperidine rings is 1. The standard InChI is InChI=1S/C15H19N3O2S.2ClH/c19-14(17-7-5-11-3-1-6-16-9-11)13-10-18-15(21-13)12-4-2-8-20-12;;/h2,4,8,10-11,16H,1,3,5-7,9H2,(H,17,19);2*1H. The summed E-state index contributed by atoms with van der Waals surface area (Å²) in [6.07, 6.45) is 6.74. The average molecular weight is 378 g/mol. The fraction of sp³-hybridized carbons (Fsp3) is 0.467. The van der Waals surface area contributed by atoms with Gasteiger partial charge in [-0.05, 0) is 50.4 Å². The van der Waals surface area contributed by atoms with Gasteiger partial charge >= 0.3 is 0 Å². The lowest BCUT2D eigenvalue weighted by atomic mass is 9.96. The third kappa shape index (κ3) is 5.49. The topological polar surface area (TPSA) is 67.2 Å². The predicted molar refractivity (Wildman–Crippen MR) is 96.9 cm³/mol. The lowest BCUT2D eigenvalue weighted by Gasteiger charge is -2.22. The van der Waals surface area contributed by atoms with Gasteiger partial charge in [-0.2, -0.15) is 0 Å². The molecule has 1 unspecified atom stereocenters. The summed E-state index contributed by atoms with van der Waals surface area (Å²) >= 11 is 1.36. The van der Waals surface area contributed by atoms with Gasteiger partial charge in [0.15, 0.2) is 10.8 Å². The molecule has 1 fully saturated rings. The minimum atomic E-state index is -0.0472. The summed E-state index contributed by atoms with van der Waals surface area (Å²) in [4.78, 5) is 16.9. The van der Waals surface area contributed by atoms with Gasteiger partial charge in [0.2, 0.25) is 0 Å². The van der Waals surface area contributed by atoms with Gasteiger partial charge in [0.25, 0.3) is 5.91 Å². The maximum absolute atomic E-state index is 12.1. The van der Waals surface area contributed by atoms with E-state index in [1.807, 2.05) is 12.1 Å². The highest BCUT2D eigenvalue weighted by Crippen LogP contribution is 2.25. The molecule has 0 spiro atoms. The second-order valence-electron chi connectivity index (χ2n) is 5.26. The molecule has 0 aliphatic carbocycles. The number of nitrogens with zero attached hydrogens (tertiary/aromatic N) is 1. The van der Waals surface area contributed by atoms with E-state index in [9.17, 15) is 4.79 Å². The van der Waals surface area contributed by atoms with Crippen LogP contribution in [-0.2, 0) is 0 Å². The van der Waals surface area contributed by atoms with Crippen molar-refractivity contribution in [1.82, 2.24) is 15.6 Å². The van der Waals surface area contributed by atoms with Crippen LogP contribution in [0.1, 0.15) is 28.9 Å². The van der Waals surface area contributed by atoms with E-state index in [0.717, 1.165) is 31.1 Å². The molecule has 0 aromatic carbocycles. The number of halogens is 2. The van der Waals surface area contributed by atoms with E-state index < -0.39 is 0 Å². The van der Waals surface area contributed by atoms with Crippen LogP contribution in [0, 0.1) is 5.92 Å². The van der Waals surface area contributed by atoms with Gasteiger partial charge in [0.1, 0.15) is 4.88 Å². The second-order valence-corrected chi connectivity index (χ2v) is 6.29. The smallest absolute Gasteiger partial charge is 0.263 e. The monoisotopic (exact) mass is 377 g/mol. The molecule has 2 aromatic heterocycles. The van der Waals surface area contributed by atoms with Crippen LogP contribution in [0.25, 0.3) is 10.8 Å². The Bertz CT molecular complexity index is 583. The Morgan fingerprint density at radius 3 is 3.04 bits per heavy atom. The molecule has 1 saturated heterocycles. The Morgan fingerprint density at radius 1 is 1.48 bits per heavy atom. The van der Waals surface area contributed by atoms with Crippen molar-refractivity contribution >= 4 is 42.1 Å². The summed E-state index contributed by atoms with van der Waals surface area (Å²) in [6.45, 7) is 2.91. The molecule has 1 atom stereocenters. The van der Waals surface area contributed by atoms with Crippen LogP contribution in [0.5, 0.6) is 0 Å². The van der Waals surface area contributed by atoms with Gasteiger partial charge in [0, 0.05) is 6.54 Å². The van der Waals surface area contributed by atoms with Crippen molar-refractivity contribution in [2.24, 2.45) is 5.92 Å². The van der Waals surface area contributed by atoms with Crippen molar-refractivity contribution in [2.75, 3.05) is 19.6 Å². The van der Waals surface area contributed by atoms with E-state index >= 15 is 0 Å². The van der Waals surface area contributed by atoms with Crippen molar-refractivity contribution in [3.8, 4) is 10.8 Å². The highest BCUT2D eigenvalue weighted by molar-refractivity contribution is 7.16. The summed E-state index contributed by atoms with van der Waals surface area (Å²) < 4.78 is 5.28. The van der Waals surface area contributed by atoms with Crippen molar-refractivity contribution in [2.45, 2.75) is 19.3 Å². The molecule has 2 aromatic rings. The van der Waals surface area contributed by atoms with E-state index in [1.165, 1.54) is 24.2 Å². The fourth-order valence-corrected chi connectivity index (χ4v) is 3.34. The van der Waals surface area contributed by atoms with E-state index in [1.54, 1.807) is 12.5 Å². The van der Waals surface area contributed by atoms with Gasteiger partial charge < -0.3 is 15.1 Å². The highest BCUT2D eigenvalue weighted by Gasteiger charge is 2.15. The van der Waals surface area contributed by atoms with Crippen molar-refractivity contribution in [3.63, 3.8) is 0 Å². The zero-order chi connectivity index (χ0) is 14.5. The Balaban J connectivity index is 0.00000132. The normalized spacial score (nSPS) is 17.0. The Hall–Kier alpha value is -1.08. The van der Waals surface area contributed by atoms with Crippen LogP contribution >= 0.6 is 36.2 Å². The van der Waals surface area contributed by atoms with E-state index in [0.29, 0.717) is 16.6 Å². The first-order valence-electron chi connectivity index (χ1n) is 7.31. The predicted octanol–water partition coefficient (Wildman–Crippen LogP) is 3.37.